The van der Waals surface area contributed by atoms with Gasteiger partial charge in [-0.05, 0) is 18.9 Å². The molecule has 2 rings (SSSR count). The van der Waals surface area contributed by atoms with E-state index in [1.54, 1.807) is 6.33 Å². The first kappa shape index (κ1) is 22.4. The second-order valence-corrected chi connectivity index (χ2v) is 8.12. The second kappa shape index (κ2) is 7.55. The predicted molar refractivity (Wildman–Crippen MR) is 90.6 cm³/mol. The van der Waals surface area contributed by atoms with Crippen molar-refractivity contribution in [1.29, 1.82) is 0 Å². The van der Waals surface area contributed by atoms with E-state index >= 15 is 0 Å². The van der Waals surface area contributed by atoms with E-state index in [-0.39, 0.29) is 0 Å². The number of H-pyrrole nitrogens is 1. The first-order chi connectivity index (χ1) is 11.7. The SMILES string of the molecule is CCCCc1cc(C)cc(C)[n+]1CCc1cnc[nH]1.F[P-](F)(F)(F)(F)F. The van der Waals surface area contributed by atoms with Gasteiger partial charge in [0.1, 0.15) is 0 Å². The van der Waals surface area contributed by atoms with Crippen LogP contribution < -0.4 is 4.57 Å². The van der Waals surface area contributed by atoms with Gasteiger partial charge in [0.25, 0.3) is 0 Å². The number of pyridine rings is 1. The van der Waals surface area contributed by atoms with Gasteiger partial charge in [-0.2, -0.15) is 4.57 Å². The van der Waals surface area contributed by atoms with E-state index in [0.717, 1.165) is 13.0 Å². The standard InChI is InChI=1S/C16H24N3.F6P/c1-4-5-6-16-10-13(2)9-14(3)19(16)8-7-15-11-17-12-18-15;1-7(2,3,4,5)6/h9-12H,4-8H2,1-3H3,(H,17,18);/q+1;-1. The molecule has 1 N–H and O–H groups in total. The molecule has 0 aliphatic heterocycles. The van der Waals surface area contributed by atoms with Crippen molar-refractivity contribution in [3.63, 3.8) is 0 Å². The van der Waals surface area contributed by atoms with Crippen LogP contribution in [-0.4, -0.2) is 9.97 Å². The first-order valence-electron chi connectivity index (χ1n) is 8.19. The summed E-state index contributed by atoms with van der Waals surface area (Å²) in [6, 6.07) is 4.60. The van der Waals surface area contributed by atoms with Crippen LogP contribution in [0.5, 0.6) is 0 Å². The van der Waals surface area contributed by atoms with Gasteiger partial charge < -0.3 is 4.98 Å². The van der Waals surface area contributed by atoms with E-state index < -0.39 is 7.81 Å². The molecule has 10 heteroatoms. The Kier molecular flexibility index (Phi) is 6.50. The van der Waals surface area contributed by atoms with Crippen LogP contribution in [0.15, 0.2) is 24.7 Å². The zero-order valence-corrected chi connectivity index (χ0v) is 15.8. The number of aryl methyl sites for hydroxylation is 4. The van der Waals surface area contributed by atoms with Crippen molar-refractivity contribution >= 4 is 7.81 Å². The molecule has 2 aromatic heterocycles. The van der Waals surface area contributed by atoms with Crippen LogP contribution in [0.1, 0.15) is 42.4 Å². The Balaban J connectivity index is 0.000000412. The van der Waals surface area contributed by atoms with Crippen LogP contribution in [0.25, 0.3) is 0 Å². The zero-order chi connectivity index (χ0) is 20.1. The van der Waals surface area contributed by atoms with Crippen molar-refractivity contribution in [3.8, 4) is 0 Å². The third-order valence-electron chi connectivity index (χ3n) is 3.55. The Morgan fingerprint density at radius 1 is 1.04 bits per heavy atom. The number of aromatic nitrogens is 3. The van der Waals surface area contributed by atoms with E-state index in [0.29, 0.717) is 0 Å². The number of rotatable bonds is 6. The molecular weight excluding hydrogens is 379 g/mol. The number of nitrogens with one attached hydrogen (secondary N) is 1. The average Bonchev–Trinajstić information content (AvgIpc) is 2.93. The van der Waals surface area contributed by atoms with Gasteiger partial charge in [0.15, 0.2) is 17.9 Å². The molecule has 0 aliphatic rings. The number of halogens is 6. The summed E-state index contributed by atoms with van der Waals surface area (Å²) in [7, 11) is -10.7. The molecule has 0 aromatic carbocycles. The molecule has 2 heterocycles. The van der Waals surface area contributed by atoms with Crippen molar-refractivity contribution < 1.29 is 29.7 Å². The number of unbranched alkanes of at least 4 members (excludes halogenated alkanes) is 1. The van der Waals surface area contributed by atoms with Gasteiger partial charge in [0, 0.05) is 43.8 Å². The summed E-state index contributed by atoms with van der Waals surface area (Å²) in [4.78, 5) is 7.25. The van der Waals surface area contributed by atoms with Gasteiger partial charge in [0.2, 0.25) is 0 Å². The molecule has 0 aliphatic carbocycles. The topological polar surface area (TPSA) is 32.6 Å². The number of nitrogens with zero attached hydrogens (tertiary/aromatic N) is 2. The summed E-state index contributed by atoms with van der Waals surface area (Å²) in [6.07, 6.45) is 8.34. The molecular formula is C16H24F6N3P. The van der Waals surface area contributed by atoms with Crippen molar-refractivity contribution in [2.75, 3.05) is 0 Å². The summed E-state index contributed by atoms with van der Waals surface area (Å²) >= 11 is 0. The number of imidazole rings is 1. The molecule has 0 atom stereocenters. The molecule has 0 radical (unpaired) electrons. The van der Waals surface area contributed by atoms with Gasteiger partial charge in [-0.15, -0.1) is 0 Å². The molecule has 3 nitrogen and oxygen atoms in total. The second-order valence-electron chi connectivity index (χ2n) is 6.21. The molecule has 0 saturated heterocycles. The Bertz CT molecular complexity index is 700. The van der Waals surface area contributed by atoms with Crippen molar-refractivity contribution in [2.45, 2.75) is 53.0 Å². The van der Waals surface area contributed by atoms with Crippen molar-refractivity contribution in [3.05, 3.63) is 47.3 Å². The maximum absolute atomic E-state index is 10.7. The molecule has 0 spiro atoms. The minimum absolute atomic E-state index is 1.01. The van der Waals surface area contributed by atoms with E-state index in [1.807, 2.05) is 6.20 Å². The number of aromatic amines is 1. The molecule has 0 unspecified atom stereocenters. The van der Waals surface area contributed by atoms with Crippen LogP contribution in [-0.2, 0) is 19.4 Å². The Morgan fingerprint density at radius 2 is 1.65 bits per heavy atom. The van der Waals surface area contributed by atoms with Crippen LogP contribution >= 0.6 is 7.81 Å². The fraction of sp³-hybridized carbons (Fsp3) is 0.500. The van der Waals surface area contributed by atoms with E-state index in [4.69, 9.17) is 0 Å². The van der Waals surface area contributed by atoms with Gasteiger partial charge in [-0.25, -0.2) is 4.98 Å². The molecule has 2 aromatic rings. The Hall–Kier alpha value is -1.63. The summed E-state index contributed by atoms with van der Waals surface area (Å²) in [5.41, 5.74) is 5.37. The first-order valence-corrected chi connectivity index (χ1v) is 10.2. The van der Waals surface area contributed by atoms with Crippen molar-refractivity contribution in [1.82, 2.24) is 9.97 Å². The van der Waals surface area contributed by atoms with Gasteiger partial charge in [-0.3, -0.25) is 0 Å². The number of hydrogen-bond acceptors (Lipinski definition) is 1. The predicted octanol–water partition coefficient (Wildman–Crippen LogP) is 6.28. The third-order valence-corrected chi connectivity index (χ3v) is 3.55. The maximum atomic E-state index is 9.87. The van der Waals surface area contributed by atoms with Crippen LogP contribution in [0.2, 0.25) is 0 Å². The van der Waals surface area contributed by atoms with Crippen molar-refractivity contribution in [2.24, 2.45) is 0 Å². The molecule has 26 heavy (non-hydrogen) atoms. The van der Waals surface area contributed by atoms with E-state index in [1.165, 1.54) is 41.9 Å². The summed E-state index contributed by atoms with van der Waals surface area (Å²) < 4.78 is 61.6. The van der Waals surface area contributed by atoms with E-state index in [9.17, 15) is 25.2 Å². The zero-order valence-electron chi connectivity index (χ0n) is 15.0. The fourth-order valence-electron chi connectivity index (χ4n) is 2.55. The van der Waals surface area contributed by atoms with Crippen LogP contribution in [0.4, 0.5) is 25.2 Å². The minimum atomic E-state index is -10.7. The molecule has 0 bridgehead atoms. The average molecular weight is 403 g/mol. The van der Waals surface area contributed by atoms with Gasteiger partial charge >= 0.3 is 33.0 Å². The molecule has 150 valence electrons. The third kappa shape index (κ3) is 11.1. The monoisotopic (exact) mass is 403 g/mol. The molecule has 0 saturated carbocycles. The summed E-state index contributed by atoms with van der Waals surface area (Å²) in [5.74, 6) is 0. The van der Waals surface area contributed by atoms with E-state index in [2.05, 4.69) is 47.4 Å². The quantitative estimate of drug-likeness (QED) is 0.344. The van der Waals surface area contributed by atoms with Crippen LogP contribution in [0, 0.1) is 13.8 Å². The Labute approximate surface area is 148 Å². The fourth-order valence-corrected chi connectivity index (χ4v) is 2.55. The number of hydrogen-bond donors (Lipinski definition) is 1. The Morgan fingerprint density at radius 3 is 2.15 bits per heavy atom. The molecule has 0 amide bonds. The van der Waals surface area contributed by atoms with Crippen LogP contribution in [0.3, 0.4) is 0 Å². The normalized spacial score (nSPS) is 14.2. The van der Waals surface area contributed by atoms with Gasteiger partial charge in [-0.1, -0.05) is 13.3 Å². The summed E-state index contributed by atoms with van der Waals surface area (Å²) in [6.45, 7) is 7.65. The summed E-state index contributed by atoms with van der Waals surface area (Å²) in [5, 5.41) is 0. The molecule has 0 fully saturated rings. The van der Waals surface area contributed by atoms with Gasteiger partial charge in [0.05, 0.1) is 6.33 Å².